The Morgan fingerprint density at radius 3 is 2.33 bits per heavy atom. The number of ether oxygens (including phenoxy) is 2. The van der Waals surface area contributed by atoms with Gasteiger partial charge in [-0.05, 0) is 49.6 Å². The molecular formula is C18H23NO2. The van der Waals surface area contributed by atoms with Gasteiger partial charge in [-0.15, -0.1) is 0 Å². The molecule has 0 fully saturated rings. The van der Waals surface area contributed by atoms with E-state index in [0.717, 1.165) is 29.9 Å². The van der Waals surface area contributed by atoms with Crippen LogP contribution in [0.4, 0.5) is 0 Å². The van der Waals surface area contributed by atoms with Crippen LogP contribution < -0.4 is 15.2 Å². The molecule has 2 rings (SSSR count). The number of hydrogen-bond acceptors (Lipinski definition) is 3. The maximum atomic E-state index is 5.92. The average Bonchev–Trinajstić information content (AvgIpc) is 2.52. The van der Waals surface area contributed by atoms with Gasteiger partial charge in [0.25, 0.3) is 0 Å². The molecule has 3 heteroatoms. The van der Waals surface area contributed by atoms with Gasteiger partial charge < -0.3 is 15.2 Å². The van der Waals surface area contributed by atoms with Gasteiger partial charge in [0, 0.05) is 0 Å². The Morgan fingerprint density at radius 2 is 1.67 bits per heavy atom. The van der Waals surface area contributed by atoms with Gasteiger partial charge in [-0.2, -0.15) is 0 Å². The van der Waals surface area contributed by atoms with E-state index in [0.29, 0.717) is 13.2 Å². The highest BCUT2D eigenvalue weighted by Gasteiger charge is 2.06. The molecule has 0 amide bonds. The lowest BCUT2D eigenvalue weighted by atomic mass is 10.1. The third-order valence-corrected chi connectivity index (χ3v) is 3.41. The van der Waals surface area contributed by atoms with Crippen LogP contribution in [0.1, 0.15) is 23.1 Å². The maximum Gasteiger partial charge on any atom is 0.161 e. The van der Waals surface area contributed by atoms with Crippen molar-refractivity contribution < 1.29 is 9.47 Å². The second kappa shape index (κ2) is 7.70. The van der Waals surface area contributed by atoms with Gasteiger partial charge >= 0.3 is 0 Å². The number of methoxy groups -OCH3 is 1. The first-order chi connectivity index (χ1) is 10.2. The van der Waals surface area contributed by atoms with Crippen molar-refractivity contribution >= 4 is 0 Å². The molecule has 0 unspecified atom stereocenters. The minimum atomic E-state index is 0.539. The number of nitrogens with two attached hydrogens (primary N) is 1. The highest BCUT2D eigenvalue weighted by atomic mass is 16.5. The first-order valence-corrected chi connectivity index (χ1v) is 7.28. The summed E-state index contributed by atoms with van der Waals surface area (Å²) < 4.78 is 11.3. The van der Waals surface area contributed by atoms with Crippen molar-refractivity contribution in [2.24, 2.45) is 5.73 Å². The molecule has 112 valence electrons. The lowest BCUT2D eigenvalue weighted by molar-refractivity contribution is 0.284. The highest BCUT2D eigenvalue weighted by molar-refractivity contribution is 5.43. The number of benzene rings is 2. The largest absolute Gasteiger partial charge is 0.493 e. The van der Waals surface area contributed by atoms with Crippen LogP contribution >= 0.6 is 0 Å². The van der Waals surface area contributed by atoms with Crippen LogP contribution in [0.3, 0.4) is 0 Å². The molecule has 0 aliphatic heterocycles. The molecule has 0 bridgehead atoms. The van der Waals surface area contributed by atoms with Crippen molar-refractivity contribution in [2.45, 2.75) is 26.4 Å². The quantitative estimate of drug-likeness (QED) is 0.847. The summed E-state index contributed by atoms with van der Waals surface area (Å²) in [5, 5.41) is 0. The van der Waals surface area contributed by atoms with E-state index in [4.69, 9.17) is 15.2 Å². The molecule has 0 atom stereocenters. The van der Waals surface area contributed by atoms with E-state index in [1.165, 1.54) is 11.1 Å². The Labute approximate surface area is 126 Å². The van der Waals surface area contributed by atoms with E-state index >= 15 is 0 Å². The van der Waals surface area contributed by atoms with Crippen LogP contribution in [0.25, 0.3) is 0 Å². The van der Waals surface area contributed by atoms with Gasteiger partial charge in [0.2, 0.25) is 0 Å². The SMILES string of the molecule is COc1ccc(CCCN)cc1OCc1ccc(C)cc1. The van der Waals surface area contributed by atoms with Gasteiger partial charge in [0.05, 0.1) is 7.11 Å². The van der Waals surface area contributed by atoms with Crippen molar-refractivity contribution in [3.8, 4) is 11.5 Å². The molecule has 0 aliphatic carbocycles. The molecule has 0 radical (unpaired) electrons. The monoisotopic (exact) mass is 285 g/mol. The number of hydrogen-bond donors (Lipinski definition) is 1. The van der Waals surface area contributed by atoms with Crippen LogP contribution in [-0.2, 0) is 13.0 Å². The zero-order chi connectivity index (χ0) is 15.1. The van der Waals surface area contributed by atoms with Crippen molar-refractivity contribution in [3.05, 3.63) is 59.2 Å². The summed E-state index contributed by atoms with van der Waals surface area (Å²) in [4.78, 5) is 0. The van der Waals surface area contributed by atoms with Crippen molar-refractivity contribution in [2.75, 3.05) is 13.7 Å². The van der Waals surface area contributed by atoms with Gasteiger partial charge in [-0.25, -0.2) is 0 Å². The van der Waals surface area contributed by atoms with E-state index in [1.54, 1.807) is 7.11 Å². The van der Waals surface area contributed by atoms with E-state index in [2.05, 4.69) is 37.3 Å². The van der Waals surface area contributed by atoms with Crippen LogP contribution in [0, 0.1) is 6.92 Å². The molecule has 0 saturated heterocycles. The average molecular weight is 285 g/mol. The third kappa shape index (κ3) is 4.50. The third-order valence-electron chi connectivity index (χ3n) is 3.41. The first-order valence-electron chi connectivity index (χ1n) is 7.28. The maximum absolute atomic E-state index is 5.92. The molecule has 2 N–H and O–H groups in total. The molecular weight excluding hydrogens is 262 g/mol. The molecule has 0 saturated carbocycles. The fourth-order valence-corrected chi connectivity index (χ4v) is 2.14. The summed E-state index contributed by atoms with van der Waals surface area (Å²) >= 11 is 0. The van der Waals surface area contributed by atoms with E-state index < -0.39 is 0 Å². The van der Waals surface area contributed by atoms with Crippen molar-refractivity contribution in [3.63, 3.8) is 0 Å². The van der Waals surface area contributed by atoms with Gasteiger partial charge in [0.15, 0.2) is 11.5 Å². The lowest BCUT2D eigenvalue weighted by Gasteiger charge is -2.12. The Balaban J connectivity index is 2.07. The predicted molar refractivity (Wildman–Crippen MR) is 85.9 cm³/mol. The predicted octanol–water partition coefficient (Wildman–Crippen LogP) is 3.47. The summed E-state index contributed by atoms with van der Waals surface area (Å²) in [6, 6.07) is 14.4. The Hall–Kier alpha value is -2.00. The second-order valence-corrected chi connectivity index (χ2v) is 5.15. The van der Waals surface area contributed by atoms with E-state index in [9.17, 15) is 0 Å². The highest BCUT2D eigenvalue weighted by Crippen LogP contribution is 2.29. The first kappa shape index (κ1) is 15.4. The number of rotatable bonds is 7. The summed E-state index contributed by atoms with van der Waals surface area (Å²) in [5.74, 6) is 1.55. The normalized spacial score (nSPS) is 10.4. The number of aryl methyl sites for hydroxylation is 2. The van der Waals surface area contributed by atoms with E-state index in [1.807, 2.05) is 12.1 Å². The summed E-state index contributed by atoms with van der Waals surface area (Å²) in [7, 11) is 1.66. The van der Waals surface area contributed by atoms with Crippen LogP contribution in [0.2, 0.25) is 0 Å². The van der Waals surface area contributed by atoms with Gasteiger partial charge in [-0.3, -0.25) is 0 Å². The minimum absolute atomic E-state index is 0.539. The van der Waals surface area contributed by atoms with Crippen LogP contribution in [0.15, 0.2) is 42.5 Å². The second-order valence-electron chi connectivity index (χ2n) is 5.15. The Morgan fingerprint density at radius 1 is 0.952 bits per heavy atom. The van der Waals surface area contributed by atoms with E-state index in [-0.39, 0.29) is 0 Å². The molecule has 0 spiro atoms. The smallest absolute Gasteiger partial charge is 0.161 e. The molecule has 2 aromatic rings. The van der Waals surface area contributed by atoms with Gasteiger partial charge in [0.1, 0.15) is 6.61 Å². The van der Waals surface area contributed by atoms with Gasteiger partial charge in [-0.1, -0.05) is 35.9 Å². The lowest BCUT2D eigenvalue weighted by Crippen LogP contribution is -2.02. The minimum Gasteiger partial charge on any atom is -0.493 e. The summed E-state index contributed by atoms with van der Waals surface area (Å²) in [5.41, 5.74) is 9.18. The molecule has 0 aromatic heterocycles. The summed E-state index contributed by atoms with van der Waals surface area (Å²) in [6.45, 7) is 3.32. The zero-order valence-electron chi connectivity index (χ0n) is 12.8. The zero-order valence-corrected chi connectivity index (χ0v) is 12.8. The van der Waals surface area contributed by atoms with Crippen LogP contribution in [0.5, 0.6) is 11.5 Å². The molecule has 21 heavy (non-hydrogen) atoms. The topological polar surface area (TPSA) is 44.5 Å². The standard InChI is InChI=1S/C18H23NO2/c1-14-5-7-16(8-6-14)13-21-18-12-15(4-3-11-19)9-10-17(18)20-2/h5-10,12H,3-4,11,13,19H2,1-2H3. The molecule has 0 aliphatic rings. The Kier molecular flexibility index (Phi) is 5.64. The fourth-order valence-electron chi connectivity index (χ4n) is 2.14. The fraction of sp³-hybridized carbons (Fsp3) is 0.333. The van der Waals surface area contributed by atoms with Crippen LogP contribution in [-0.4, -0.2) is 13.7 Å². The van der Waals surface area contributed by atoms with Crippen molar-refractivity contribution in [1.82, 2.24) is 0 Å². The summed E-state index contributed by atoms with van der Waals surface area (Å²) in [6.07, 6.45) is 1.94. The Bertz CT molecular complexity index is 564. The molecule has 2 aromatic carbocycles. The molecule has 0 heterocycles. The van der Waals surface area contributed by atoms with Crippen molar-refractivity contribution in [1.29, 1.82) is 0 Å². The molecule has 3 nitrogen and oxygen atoms in total.